The van der Waals surface area contributed by atoms with Crippen LogP contribution in [0.4, 0.5) is 4.79 Å². The molecule has 0 aromatic rings. The molecule has 1 N–H and O–H groups in total. The fraction of sp³-hybridized carbons (Fsp3) is 0.824. The average Bonchev–Trinajstić information content (AvgIpc) is 2.37. The lowest BCUT2D eigenvalue weighted by Crippen LogP contribution is -2.56. The zero-order valence-electron chi connectivity index (χ0n) is 13.4. The molecule has 2 rings (SSSR count). The number of ether oxygens (including phenoxy) is 1. The van der Waals surface area contributed by atoms with E-state index in [1.807, 2.05) is 0 Å². The van der Waals surface area contributed by atoms with Gasteiger partial charge in [-0.05, 0) is 49.4 Å². The maximum Gasteiger partial charge on any atom is 0.407 e. The smallest absolute Gasteiger partial charge is 0.407 e. The molecule has 4 atom stereocenters. The quantitative estimate of drug-likeness (QED) is 0.771. The van der Waals surface area contributed by atoms with Crippen LogP contribution in [0.15, 0.2) is 12.2 Å². The van der Waals surface area contributed by atoms with Crippen molar-refractivity contribution in [3.8, 4) is 0 Å². The summed E-state index contributed by atoms with van der Waals surface area (Å²) in [4.78, 5) is 11.8. The number of nitrogens with one attached hydrogen (secondary N) is 1. The summed E-state index contributed by atoms with van der Waals surface area (Å²) in [6.45, 7) is 11.2. The van der Waals surface area contributed by atoms with Gasteiger partial charge in [0.25, 0.3) is 0 Å². The van der Waals surface area contributed by atoms with Crippen LogP contribution in [0.5, 0.6) is 0 Å². The predicted molar refractivity (Wildman–Crippen MR) is 81.5 cm³/mol. The monoisotopic (exact) mass is 279 g/mol. The molecule has 0 radical (unpaired) electrons. The minimum absolute atomic E-state index is 0.175. The van der Waals surface area contributed by atoms with Gasteiger partial charge in [0.15, 0.2) is 0 Å². The Balaban J connectivity index is 2.30. The van der Waals surface area contributed by atoms with E-state index in [-0.39, 0.29) is 12.1 Å². The molecule has 3 heteroatoms. The van der Waals surface area contributed by atoms with E-state index in [4.69, 9.17) is 4.74 Å². The highest BCUT2D eigenvalue weighted by Gasteiger charge is 2.50. The Bertz CT molecular complexity index is 390. The van der Waals surface area contributed by atoms with Crippen molar-refractivity contribution in [3.63, 3.8) is 0 Å². The molecule has 3 nitrogen and oxygen atoms in total. The van der Waals surface area contributed by atoms with E-state index < -0.39 is 0 Å². The van der Waals surface area contributed by atoms with Gasteiger partial charge in [0, 0.05) is 12.0 Å². The molecule has 2 aliphatic rings. The fourth-order valence-corrected chi connectivity index (χ4v) is 4.55. The van der Waals surface area contributed by atoms with Crippen molar-refractivity contribution in [1.29, 1.82) is 0 Å². The van der Waals surface area contributed by atoms with Gasteiger partial charge in [0.05, 0.1) is 7.11 Å². The van der Waals surface area contributed by atoms with Crippen molar-refractivity contribution in [3.05, 3.63) is 12.2 Å². The second-order valence-electron chi connectivity index (χ2n) is 7.25. The normalized spacial score (nSPS) is 37.5. The largest absolute Gasteiger partial charge is 0.453 e. The van der Waals surface area contributed by atoms with E-state index in [0.29, 0.717) is 23.2 Å². The topological polar surface area (TPSA) is 38.3 Å². The number of fused-ring (bicyclic) bond motifs is 1. The van der Waals surface area contributed by atoms with Gasteiger partial charge in [-0.3, -0.25) is 0 Å². The summed E-state index contributed by atoms with van der Waals surface area (Å²) >= 11 is 0. The molecule has 0 bridgehead atoms. The third-order valence-corrected chi connectivity index (χ3v) is 5.63. The van der Waals surface area contributed by atoms with Gasteiger partial charge in [-0.15, -0.1) is 0 Å². The summed E-state index contributed by atoms with van der Waals surface area (Å²) in [5, 5.41) is 3.13. The van der Waals surface area contributed by atoms with Crippen LogP contribution in [-0.2, 0) is 4.74 Å². The first-order valence-corrected chi connectivity index (χ1v) is 7.91. The first-order valence-electron chi connectivity index (χ1n) is 7.91. The molecular formula is C17H29NO2. The third-order valence-electron chi connectivity index (χ3n) is 5.63. The number of carbonyl (C=O) groups is 1. The minimum atomic E-state index is -0.303. The average molecular weight is 279 g/mol. The maximum atomic E-state index is 11.8. The van der Waals surface area contributed by atoms with E-state index in [0.717, 1.165) is 6.42 Å². The van der Waals surface area contributed by atoms with Crippen LogP contribution in [0.2, 0.25) is 0 Å². The van der Waals surface area contributed by atoms with Crippen LogP contribution in [0, 0.1) is 23.2 Å². The zero-order chi connectivity index (χ0) is 14.9. The van der Waals surface area contributed by atoms with Gasteiger partial charge < -0.3 is 10.1 Å². The number of alkyl carbamates (subject to hydrolysis) is 1. The Morgan fingerprint density at radius 3 is 2.75 bits per heavy atom. The Morgan fingerprint density at radius 1 is 1.45 bits per heavy atom. The number of hydrogen-bond acceptors (Lipinski definition) is 2. The maximum absolute atomic E-state index is 11.8. The molecule has 0 spiro atoms. The van der Waals surface area contributed by atoms with E-state index >= 15 is 0 Å². The highest BCUT2D eigenvalue weighted by Crippen LogP contribution is 2.54. The SMILES string of the molecule is C=C1CCC[C@]2(C)CC[C@@H](C(C)C)[C@H](NC(=O)OC)[C@@H]12. The first-order chi connectivity index (χ1) is 9.39. The molecule has 2 fully saturated rings. The summed E-state index contributed by atoms with van der Waals surface area (Å²) in [6, 6.07) is 0.175. The van der Waals surface area contributed by atoms with Crippen molar-refractivity contribution < 1.29 is 9.53 Å². The number of hydrogen-bond donors (Lipinski definition) is 1. The third kappa shape index (κ3) is 2.72. The van der Waals surface area contributed by atoms with Crippen molar-refractivity contribution in [2.45, 2.75) is 58.9 Å². The lowest BCUT2D eigenvalue weighted by atomic mass is 9.53. The highest BCUT2D eigenvalue weighted by atomic mass is 16.5. The van der Waals surface area contributed by atoms with E-state index in [1.54, 1.807) is 0 Å². The first kappa shape index (κ1) is 15.4. The lowest BCUT2D eigenvalue weighted by molar-refractivity contribution is 0.0213. The van der Waals surface area contributed by atoms with Crippen molar-refractivity contribution in [2.75, 3.05) is 7.11 Å². The number of rotatable bonds is 2. The molecular weight excluding hydrogens is 250 g/mol. The van der Waals surface area contributed by atoms with Crippen LogP contribution in [0.3, 0.4) is 0 Å². The Labute approximate surface area is 123 Å². The summed E-state index contributed by atoms with van der Waals surface area (Å²) in [5.41, 5.74) is 1.62. The molecule has 0 saturated heterocycles. The predicted octanol–water partition coefficient (Wildman–Crippen LogP) is 4.14. The van der Waals surface area contributed by atoms with E-state index in [9.17, 15) is 4.79 Å². The van der Waals surface area contributed by atoms with Crippen LogP contribution in [0.1, 0.15) is 52.9 Å². The molecule has 114 valence electrons. The lowest BCUT2D eigenvalue weighted by Gasteiger charge is -2.54. The van der Waals surface area contributed by atoms with Gasteiger partial charge in [-0.25, -0.2) is 4.79 Å². The molecule has 20 heavy (non-hydrogen) atoms. The Morgan fingerprint density at radius 2 is 2.15 bits per heavy atom. The minimum Gasteiger partial charge on any atom is -0.453 e. The van der Waals surface area contributed by atoms with Crippen molar-refractivity contribution in [1.82, 2.24) is 5.32 Å². The molecule has 0 aliphatic heterocycles. The molecule has 0 aromatic heterocycles. The summed E-state index contributed by atoms with van der Waals surface area (Å²) < 4.78 is 4.85. The molecule has 1 amide bonds. The van der Waals surface area contributed by atoms with Gasteiger partial charge in [0.1, 0.15) is 0 Å². The Hall–Kier alpha value is -0.990. The van der Waals surface area contributed by atoms with Crippen LogP contribution in [-0.4, -0.2) is 19.2 Å². The second-order valence-corrected chi connectivity index (χ2v) is 7.25. The molecule has 2 aliphatic carbocycles. The zero-order valence-corrected chi connectivity index (χ0v) is 13.4. The van der Waals surface area contributed by atoms with Crippen molar-refractivity contribution in [2.24, 2.45) is 23.2 Å². The Kier molecular flexibility index (Phi) is 4.46. The number of amides is 1. The van der Waals surface area contributed by atoms with E-state index in [2.05, 4.69) is 32.7 Å². The number of carbonyl (C=O) groups excluding carboxylic acids is 1. The molecule has 0 unspecified atom stereocenters. The van der Waals surface area contributed by atoms with Gasteiger partial charge in [0.2, 0.25) is 0 Å². The van der Waals surface area contributed by atoms with Crippen molar-refractivity contribution >= 4 is 6.09 Å². The van der Waals surface area contributed by atoms with Gasteiger partial charge in [-0.2, -0.15) is 0 Å². The summed E-state index contributed by atoms with van der Waals surface area (Å²) in [5.74, 6) is 1.48. The molecule has 0 aromatic carbocycles. The summed E-state index contributed by atoms with van der Waals surface area (Å²) in [6.07, 6.45) is 5.73. The van der Waals surface area contributed by atoms with Crippen LogP contribution < -0.4 is 5.32 Å². The fourth-order valence-electron chi connectivity index (χ4n) is 4.55. The number of methoxy groups -OCH3 is 1. The summed E-state index contributed by atoms with van der Waals surface area (Å²) in [7, 11) is 1.44. The van der Waals surface area contributed by atoms with Crippen LogP contribution >= 0.6 is 0 Å². The van der Waals surface area contributed by atoms with E-state index in [1.165, 1.54) is 38.4 Å². The second kappa shape index (κ2) is 5.79. The van der Waals surface area contributed by atoms with Crippen LogP contribution in [0.25, 0.3) is 0 Å². The van der Waals surface area contributed by atoms with Gasteiger partial charge >= 0.3 is 6.09 Å². The standard InChI is InChI=1S/C17H29NO2/c1-11(2)13-8-10-17(4)9-6-7-12(3)14(17)15(13)18-16(19)20-5/h11,13-15H,3,6-10H2,1-2,4-5H3,(H,18,19)/t13-,14+,15-,17+/m0/s1. The molecule has 0 heterocycles. The highest BCUT2D eigenvalue weighted by molar-refractivity contribution is 5.67. The molecule has 2 saturated carbocycles. The van der Waals surface area contributed by atoms with Gasteiger partial charge in [-0.1, -0.05) is 32.9 Å².